The highest BCUT2D eigenvalue weighted by Gasteiger charge is 2.25. The van der Waals surface area contributed by atoms with Gasteiger partial charge in [0, 0.05) is 12.1 Å². The molecule has 0 fully saturated rings. The van der Waals surface area contributed by atoms with Gasteiger partial charge < -0.3 is 15.2 Å². The monoisotopic (exact) mass is 301 g/mol. The van der Waals surface area contributed by atoms with Crippen molar-refractivity contribution in [1.82, 2.24) is 5.32 Å². The van der Waals surface area contributed by atoms with Gasteiger partial charge >= 0.3 is 0 Å². The minimum Gasteiger partial charge on any atom is -0.394 e. The van der Waals surface area contributed by atoms with E-state index in [-0.39, 0.29) is 12.1 Å². The second-order valence-electron chi connectivity index (χ2n) is 6.35. The fourth-order valence-electron chi connectivity index (χ4n) is 2.66. The average Bonchev–Trinajstić information content (AvgIpc) is 2.51. The highest BCUT2D eigenvalue weighted by atomic mass is 16.5. The summed E-state index contributed by atoms with van der Waals surface area (Å²) in [6.07, 6.45) is 10.9. The second kappa shape index (κ2) is 13.5. The van der Waals surface area contributed by atoms with Crippen LogP contribution in [-0.2, 0) is 4.74 Å². The fourth-order valence-corrected chi connectivity index (χ4v) is 2.66. The predicted octanol–water partition coefficient (Wildman–Crippen LogP) is 4.28. The van der Waals surface area contributed by atoms with Gasteiger partial charge in [-0.25, -0.2) is 0 Å². The first kappa shape index (κ1) is 20.9. The standard InChI is InChI=1S/C18H39NO2/c1-5-8-9-10-12-17(4)21-15-11-13-18(7-3,16-20)19-14-6-2/h17,19-20H,5-16H2,1-4H3. The lowest BCUT2D eigenvalue weighted by molar-refractivity contribution is 0.0473. The van der Waals surface area contributed by atoms with E-state index >= 15 is 0 Å². The summed E-state index contributed by atoms with van der Waals surface area (Å²) in [7, 11) is 0. The molecule has 21 heavy (non-hydrogen) atoms. The number of unbranched alkanes of at least 4 members (excludes halogenated alkanes) is 3. The van der Waals surface area contributed by atoms with E-state index in [2.05, 4.69) is 33.0 Å². The molecule has 2 N–H and O–H groups in total. The van der Waals surface area contributed by atoms with Gasteiger partial charge in [0.05, 0.1) is 12.7 Å². The number of aliphatic hydroxyl groups is 1. The third-order valence-electron chi connectivity index (χ3n) is 4.40. The van der Waals surface area contributed by atoms with Crippen LogP contribution in [0.2, 0.25) is 0 Å². The summed E-state index contributed by atoms with van der Waals surface area (Å²) in [5.74, 6) is 0. The molecular formula is C18H39NO2. The van der Waals surface area contributed by atoms with Gasteiger partial charge in [-0.3, -0.25) is 0 Å². The first-order valence-electron chi connectivity index (χ1n) is 9.11. The van der Waals surface area contributed by atoms with Gasteiger partial charge in [0.15, 0.2) is 0 Å². The van der Waals surface area contributed by atoms with Crippen molar-refractivity contribution < 1.29 is 9.84 Å². The summed E-state index contributed by atoms with van der Waals surface area (Å²) in [6, 6.07) is 0. The van der Waals surface area contributed by atoms with Gasteiger partial charge in [-0.2, -0.15) is 0 Å². The molecule has 0 aliphatic heterocycles. The van der Waals surface area contributed by atoms with Gasteiger partial charge in [-0.05, 0) is 45.6 Å². The van der Waals surface area contributed by atoms with E-state index < -0.39 is 0 Å². The van der Waals surface area contributed by atoms with Crippen LogP contribution in [0.1, 0.15) is 85.5 Å². The molecule has 0 aliphatic rings. The Morgan fingerprint density at radius 3 is 2.38 bits per heavy atom. The van der Waals surface area contributed by atoms with E-state index in [0.29, 0.717) is 6.10 Å². The molecule has 0 saturated carbocycles. The van der Waals surface area contributed by atoms with Crippen molar-refractivity contribution in [3.8, 4) is 0 Å². The van der Waals surface area contributed by atoms with Crippen molar-refractivity contribution in [2.24, 2.45) is 0 Å². The molecule has 128 valence electrons. The van der Waals surface area contributed by atoms with Gasteiger partial charge in [-0.15, -0.1) is 0 Å². The van der Waals surface area contributed by atoms with Crippen LogP contribution in [0.25, 0.3) is 0 Å². The van der Waals surface area contributed by atoms with Crippen molar-refractivity contribution in [3.05, 3.63) is 0 Å². The number of ether oxygens (including phenoxy) is 1. The van der Waals surface area contributed by atoms with Crippen molar-refractivity contribution in [2.45, 2.75) is 97.1 Å². The fraction of sp³-hybridized carbons (Fsp3) is 1.00. The SMILES string of the molecule is CCCCCCC(C)OCCCC(CC)(CO)NCCC. The zero-order chi connectivity index (χ0) is 16.0. The van der Waals surface area contributed by atoms with Crippen LogP contribution in [0.3, 0.4) is 0 Å². The van der Waals surface area contributed by atoms with E-state index in [4.69, 9.17) is 4.74 Å². The molecule has 0 rings (SSSR count). The first-order chi connectivity index (χ1) is 10.1. The maximum atomic E-state index is 9.68. The molecule has 0 aromatic heterocycles. The number of nitrogens with one attached hydrogen (secondary N) is 1. The number of hydrogen-bond donors (Lipinski definition) is 2. The molecule has 0 amide bonds. The zero-order valence-electron chi connectivity index (χ0n) is 14.9. The Balaban J connectivity index is 3.78. The van der Waals surface area contributed by atoms with Crippen molar-refractivity contribution in [1.29, 1.82) is 0 Å². The molecule has 0 aliphatic carbocycles. The summed E-state index contributed by atoms with van der Waals surface area (Å²) in [5.41, 5.74) is -0.107. The summed E-state index contributed by atoms with van der Waals surface area (Å²) in [5, 5.41) is 13.2. The molecule has 0 bridgehead atoms. The molecule has 2 atom stereocenters. The van der Waals surface area contributed by atoms with Crippen LogP contribution in [0, 0.1) is 0 Å². The van der Waals surface area contributed by atoms with Crippen LogP contribution in [0.5, 0.6) is 0 Å². The first-order valence-corrected chi connectivity index (χ1v) is 9.11. The second-order valence-corrected chi connectivity index (χ2v) is 6.35. The van der Waals surface area contributed by atoms with E-state index in [9.17, 15) is 5.11 Å². The van der Waals surface area contributed by atoms with Crippen LogP contribution in [-0.4, -0.2) is 36.5 Å². The Labute approximate surface area is 132 Å². The van der Waals surface area contributed by atoms with Crippen molar-refractivity contribution in [2.75, 3.05) is 19.8 Å². The maximum Gasteiger partial charge on any atom is 0.0613 e. The Morgan fingerprint density at radius 1 is 1.05 bits per heavy atom. The largest absolute Gasteiger partial charge is 0.394 e. The number of rotatable bonds is 15. The number of hydrogen-bond acceptors (Lipinski definition) is 3. The van der Waals surface area contributed by atoms with Crippen molar-refractivity contribution in [3.63, 3.8) is 0 Å². The quantitative estimate of drug-likeness (QED) is 0.444. The summed E-state index contributed by atoms with van der Waals surface area (Å²) < 4.78 is 5.90. The zero-order valence-corrected chi connectivity index (χ0v) is 14.9. The van der Waals surface area contributed by atoms with Crippen LogP contribution in [0.15, 0.2) is 0 Å². The lowest BCUT2D eigenvalue weighted by Gasteiger charge is -2.32. The molecule has 0 radical (unpaired) electrons. The van der Waals surface area contributed by atoms with Gasteiger partial charge in [0.1, 0.15) is 0 Å². The predicted molar refractivity (Wildman–Crippen MR) is 91.8 cm³/mol. The Kier molecular flexibility index (Phi) is 13.5. The summed E-state index contributed by atoms with van der Waals surface area (Å²) >= 11 is 0. The van der Waals surface area contributed by atoms with Crippen LogP contribution < -0.4 is 5.32 Å². The third kappa shape index (κ3) is 10.3. The summed E-state index contributed by atoms with van der Waals surface area (Å²) in [6.45, 7) is 10.7. The maximum absolute atomic E-state index is 9.68. The highest BCUT2D eigenvalue weighted by Crippen LogP contribution is 2.18. The van der Waals surface area contributed by atoms with E-state index in [1.54, 1.807) is 0 Å². The average molecular weight is 302 g/mol. The summed E-state index contributed by atoms with van der Waals surface area (Å²) in [4.78, 5) is 0. The molecular weight excluding hydrogens is 262 g/mol. The van der Waals surface area contributed by atoms with Gasteiger partial charge in [-0.1, -0.05) is 46.5 Å². The van der Waals surface area contributed by atoms with Crippen LogP contribution >= 0.6 is 0 Å². The minimum absolute atomic E-state index is 0.107. The Hall–Kier alpha value is -0.120. The molecule has 0 aromatic rings. The molecule has 0 spiro atoms. The lowest BCUT2D eigenvalue weighted by atomic mass is 9.91. The van der Waals surface area contributed by atoms with Gasteiger partial charge in [0.25, 0.3) is 0 Å². The molecule has 3 nitrogen and oxygen atoms in total. The lowest BCUT2D eigenvalue weighted by Crippen LogP contribution is -2.48. The Bertz CT molecular complexity index is 217. The molecule has 3 heteroatoms. The topological polar surface area (TPSA) is 41.5 Å². The van der Waals surface area contributed by atoms with Crippen LogP contribution in [0.4, 0.5) is 0 Å². The van der Waals surface area contributed by atoms with E-state index in [1.165, 1.54) is 32.1 Å². The normalized spacial score (nSPS) is 15.9. The van der Waals surface area contributed by atoms with E-state index in [0.717, 1.165) is 38.8 Å². The number of aliphatic hydroxyl groups excluding tert-OH is 1. The highest BCUT2D eigenvalue weighted by molar-refractivity contribution is 4.85. The Morgan fingerprint density at radius 2 is 1.81 bits per heavy atom. The van der Waals surface area contributed by atoms with E-state index in [1.807, 2.05) is 0 Å². The van der Waals surface area contributed by atoms with Gasteiger partial charge in [0.2, 0.25) is 0 Å². The molecule has 0 heterocycles. The van der Waals surface area contributed by atoms with Crippen molar-refractivity contribution >= 4 is 0 Å². The smallest absolute Gasteiger partial charge is 0.0613 e. The minimum atomic E-state index is -0.107. The molecule has 2 unspecified atom stereocenters. The molecule has 0 saturated heterocycles. The third-order valence-corrected chi connectivity index (χ3v) is 4.40. The molecule has 0 aromatic carbocycles.